The van der Waals surface area contributed by atoms with E-state index in [9.17, 15) is 4.79 Å². The third-order valence-corrected chi connectivity index (χ3v) is 3.48. The maximum absolute atomic E-state index is 12.1. The number of nitrogen functional groups attached to an aromatic ring is 1. The predicted octanol–water partition coefficient (Wildman–Crippen LogP) is 4.11. The number of carbonyl (C=O) groups is 1. The highest BCUT2D eigenvalue weighted by atomic mass is 79.9. The van der Waals surface area contributed by atoms with Crippen LogP contribution in [0.1, 0.15) is 15.9 Å². The van der Waals surface area contributed by atoms with E-state index >= 15 is 0 Å². The van der Waals surface area contributed by atoms with Crippen LogP contribution in [0.5, 0.6) is 0 Å². The smallest absolute Gasteiger partial charge is 0.168 e. The molecule has 0 aromatic heterocycles. The Morgan fingerprint density at radius 1 is 1.17 bits per heavy atom. The SMILES string of the molecule is Nc1ccc(C(=O)Cc2ccc(Cl)cc2)c(Br)c1. The molecule has 0 fully saturated rings. The van der Waals surface area contributed by atoms with Gasteiger partial charge in [-0.2, -0.15) is 0 Å². The average molecular weight is 325 g/mol. The van der Waals surface area contributed by atoms with E-state index in [0.717, 1.165) is 10.0 Å². The van der Waals surface area contributed by atoms with E-state index in [1.54, 1.807) is 30.3 Å². The summed E-state index contributed by atoms with van der Waals surface area (Å²) in [6.45, 7) is 0. The molecule has 4 heteroatoms. The summed E-state index contributed by atoms with van der Waals surface area (Å²) in [4.78, 5) is 12.1. The number of Topliss-reactive ketones (excluding diaryl/α,β-unsaturated/α-hetero) is 1. The first-order chi connectivity index (χ1) is 8.56. The Labute approximate surface area is 119 Å². The molecule has 18 heavy (non-hydrogen) atoms. The standard InChI is InChI=1S/C14H11BrClNO/c15-13-8-11(17)5-6-12(13)14(18)7-9-1-3-10(16)4-2-9/h1-6,8H,7,17H2. The van der Waals surface area contributed by atoms with E-state index in [1.165, 1.54) is 0 Å². The maximum Gasteiger partial charge on any atom is 0.168 e. The zero-order valence-corrected chi connectivity index (χ0v) is 11.8. The van der Waals surface area contributed by atoms with Crippen molar-refractivity contribution in [2.24, 2.45) is 0 Å². The van der Waals surface area contributed by atoms with Crippen LogP contribution < -0.4 is 5.73 Å². The van der Waals surface area contributed by atoms with E-state index < -0.39 is 0 Å². The molecule has 0 atom stereocenters. The van der Waals surface area contributed by atoms with E-state index in [2.05, 4.69) is 15.9 Å². The van der Waals surface area contributed by atoms with Gasteiger partial charge in [-0.1, -0.05) is 23.7 Å². The van der Waals surface area contributed by atoms with Crippen LogP contribution in [0, 0.1) is 0 Å². The molecular weight excluding hydrogens is 314 g/mol. The predicted molar refractivity (Wildman–Crippen MR) is 78.0 cm³/mol. The molecule has 2 aromatic carbocycles. The first kappa shape index (κ1) is 13.1. The van der Waals surface area contributed by atoms with Gasteiger partial charge in [-0.15, -0.1) is 0 Å². The lowest BCUT2D eigenvalue weighted by molar-refractivity contribution is 0.0992. The second-order valence-electron chi connectivity index (χ2n) is 3.97. The molecule has 0 saturated carbocycles. The lowest BCUT2D eigenvalue weighted by Gasteiger charge is -2.05. The highest BCUT2D eigenvalue weighted by molar-refractivity contribution is 9.10. The molecule has 0 radical (unpaired) electrons. The normalized spacial score (nSPS) is 10.3. The molecule has 2 nitrogen and oxygen atoms in total. The van der Waals surface area contributed by atoms with Crippen molar-refractivity contribution in [1.82, 2.24) is 0 Å². The minimum absolute atomic E-state index is 0.0456. The fourth-order valence-corrected chi connectivity index (χ4v) is 2.38. The molecule has 0 amide bonds. The Morgan fingerprint density at radius 2 is 1.83 bits per heavy atom. The van der Waals surface area contributed by atoms with E-state index in [0.29, 0.717) is 22.7 Å². The Kier molecular flexibility index (Phi) is 4.04. The van der Waals surface area contributed by atoms with Crippen molar-refractivity contribution < 1.29 is 4.79 Å². The summed E-state index contributed by atoms with van der Waals surface area (Å²) in [6, 6.07) is 12.5. The van der Waals surface area contributed by atoms with Gasteiger partial charge in [0.15, 0.2) is 5.78 Å². The summed E-state index contributed by atoms with van der Waals surface area (Å²) in [5, 5.41) is 0.667. The van der Waals surface area contributed by atoms with Crippen molar-refractivity contribution in [1.29, 1.82) is 0 Å². The summed E-state index contributed by atoms with van der Waals surface area (Å²) >= 11 is 9.15. The molecule has 92 valence electrons. The molecule has 2 rings (SSSR count). The fourth-order valence-electron chi connectivity index (χ4n) is 1.64. The van der Waals surface area contributed by atoms with Gasteiger partial charge in [0.05, 0.1) is 0 Å². The topological polar surface area (TPSA) is 43.1 Å². The van der Waals surface area contributed by atoms with Crippen molar-refractivity contribution >= 4 is 39.0 Å². The van der Waals surface area contributed by atoms with Crippen LogP contribution in [0.3, 0.4) is 0 Å². The monoisotopic (exact) mass is 323 g/mol. The van der Waals surface area contributed by atoms with Crippen LogP contribution in [-0.2, 0) is 6.42 Å². The summed E-state index contributed by atoms with van der Waals surface area (Å²) < 4.78 is 0.724. The van der Waals surface area contributed by atoms with Gasteiger partial charge in [0.1, 0.15) is 0 Å². The highest BCUT2D eigenvalue weighted by Crippen LogP contribution is 2.22. The fraction of sp³-hybridized carbons (Fsp3) is 0.0714. The Bertz CT molecular complexity index is 581. The Balaban J connectivity index is 2.19. The van der Waals surface area contributed by atoms with Crippen LogP contribution in [0.4, 0.5) is 5.69 Å². The number of hydrogen-bond donors (Lipinski definition) is 1. The molecule has 0 aliphatic heterocycles. The number of nitrogens with two attached hydrogens (primary N) is 1. The van der Waals surface area contributed by atoms with Gasteiger partial charge in [0, 0.05) is 27.2 Å². The minimum Gasteiger partial charge on any atom is -0.399 e. The van der Waals surface area contributed by atoms with Gasteiger partial charge < -0.3 is 5.73 Å². The zero-order valence-electron chi connectivity index (χ0n) is 9.49. The number of ketones is 1. The first-order valence-electron chi connectivity index (χ1n) is 5.39. The Hall–Kier alpha value is -1.32. The van der Waals surface area contributed by atoms with Crippen LogP contribution in [0.2, 0.25) is 5.02 Å². The van der Waals surface area contributed by atoms with Crippen molar-refractivity contribution in [3.05, 3.63) is 63.1 Å². The lowest BCUT2D eigenvalue weighted by Crippen LogP contribution is -2.04. The van der Waals surface area contributed by atoms with Crippen molar-refractivity contribution in [3.8, 4) is 0 Å². The van der Waals surface area contributed by atoms with E-state index in [4.69, 9.17) is 17.3 Å². The second kappa shape index (κ2) is 5.55. The zero-order chi connectivity index (χ0) is 13.1. The summed E-state index contributed by atoms with van der Waals surface area (Å²) in [5.41, 5.74) is 7.85. The largest absolute Gasteiger partial charge is 0.399 e. The number of rotatable bonds is 3. The van der Waals surface area contributed by atoms with Crippen molar-refractivity contribution in [2.75, 3.05) is 5.73 Å². The molecule has 0 spiro atoms. The maximum atomic E-state index is 12.1. The molecule has 2 aromatic rings. The second-order valence-corrected chi connectivity index (χ2v) is 5.26. The number of hydrogen-bond acceptors (Lipinski definition) is 2. The van der Waals surface area contributed by atoms with Gasteiger partial charge in [0.25, 0.3) is 0 Å². The summed E-state index contributed by atoms with van der Waals surface area (Å²) in [6.07, 6.45) is 0.347. The number of halogens is 2. The molecule has 0 bridgehead atoms. The van der Waals surface area contributed by atoms with Crippen molar-refractivity contribution in [3.63, 3.8) is 0 Å². The summed E-state index contributed by atoms with van der Waals surface area (Å²) in [7, 11) is 0. The molecule has 0 aliphatic carbocycles. The Morgan fingerprint density at radius 3 is 2.44 bits per heavy atom. The van der Waals surface area contributed by atoms with Gasteiger partial charge in [-0.05, 0) is 51.8 Å². The third kappa shape index (κ3) is 3.12. The van der Waals surface area contributed by atoms with E-state index in [1.807, 2.05) is 12.1 Å². The average Bonchev–Trinajstić information content (AvgIpc) is 2.32. The molecule has 0 unspecified atom stereocenters. The summed E-state index contributed by atoms with van der Waals surface area (Å²) in [5.74, 6) is 0.0456. The number of anilines is 1. The van der Waals surface area contributed by atoms with Gasteiger partial charge >= 0.3 is 0 Å². The quantitative estimate of drug-likeness (QED) is 0.682. The van der Waals surface area contributed by atoms with Crippen molar-refractivity contribution in [2.45, 2.75) is 6.42 Å². The number of benzene rings is 2. The van der Waals surface area contributed by atoms with E-state index in [-0.39, 0.29) is 5.78 Å². The van der Waals surface area contributed by atoms with Crippen LogP contribution in [-0.4, -0.2) is 5.78 Å². The molecule has 0 aliphatic rings. The van der Waals surface area contributed by atoms with Crippen LogP contribution >= 0.6 is 27.5 Å². The highest BCUT2D eigenvalue weighted by Gasteiger charge is 2.10. The molecule has 0 saturated heterocycles. The third-order valence-electron chi connectivity index (χ3n) is 2.57. The molecule has 2 N–H and O–H groups in total. The lowest BCUT2D eigenvalue weighted by atomic mass is 10.0. The van der Waals surface area contributed by atoms with Gasteiger partial charge in [-0.25, -0.2) is 0 Å². The first-order valence-corrected chi connectivity index (χ1v) is 6.56. The van der Waals surface area contributed by atoms with Crippen LogP contribution in [0.25, 0.3) is 0 Å². The molecular formula is C14H11BrClNO. The number of carbonyl (C=O) groups excluding carboxylic acids is 1. The van der Waals surface area contributed by atoms with Gasteiger partial charge in [0.2, 0.25) is 0 Å². The molecule has 0 heterocycles. The minimum atomic E-state index is 0.0456. The van der Waals surface area contributed by atoms with Gasteiger partial charge in [-0.3, -0.25) is 4.79 Å². The van der Waals surface area contributed by atoms with Crippen LogP contribution in [0.15, 0.2) is 46.9 Å².